The van der Waals surface area contributed by atoms with Crippen molar-refractivity contribution >= 4 is 27.3 Å². The highest BCUT2D eigenvalue weighted by molar-refractivity contribution is 7.89. The predicted octanol–water partition coefficient (Wildman–Crippen LogP) is 1.54. The number of nitrogens with zero attached hydrogens (tertiary/aromatic N) is 1. The molecular formula is C12H20ClN3O2S. The number of sulfonamides is 1. The van der Waals surface area contributed by atoms with Crippen molar-refractivity contribution in [2.75, 3.05) is 25.9 Å². The summed E-state index contributed by atoms with van der Waals surface area (Å²) in [6, 6.07) is 4.65. The smallest absolute Gasteiger partial charge is 0.240 e. The Balaban J connectivity index is 2.68. The minimum absolute atomic E-state index is 0.124. The van der Waals surface area contributed by atoms with E-state index < -0.39 is 10.0 Å². The Morgan fingerprint density at radius 1 is 1.42 bits per heavy atom. The Hall–Kier alpha value is -0.820. The Labute approximate surface area is 119 Å². The van der Waals surface area contributed by atoms with Crippen LogP contribution in [0.4, 0.5) is 5.69 Å². The molecule has 1 aromatic rings. The van der Waals surface area contributed by atoms with Gasteiger partial charge >= 0.3 is 0 Å². The van der Waals surface area contributed by atoms with Gasteiger partial charge in [-0.1, -0.05) is 11.6 Å². The maximum absolute atomic E-state index is 12.0. The highest BCUT2D eigenvalue weighted by atomic mass is 35.5. The average molecular weight is 306 g/mol. The molecule has 0 saturated carbocycles. The molecule has 0 fully saturated rings. The minimum atomic E-state index is -3.54. The fourth-order valence-electron chi connectivity index (χ4n) is 1.37. The molecule has 0 atom stereocenters. The second kappa shape index (κ2) is 6.56. The van der Waals surface area contributed by atoms with Crippen LogP contribution in [0.25, 0.3) is 0 Å². The quantitative estimate of drug-likeness (QED) is 0.782. The zero-order valence-electron chi connectivity index (χ0n) is 11.4. The largest absolute Gasteiger partial charge is 0.398 e. The van der Waals surface area contributed by atoms with Crippen LogP contribution < -0.4 is 10.5 Å². The SMILES string of the molecule is CC(C)N(C)CCNS(=O)(=O)c1ccc(N)c(Cl)c1. The van der Waals surface area contributed by atoms with Crippen molar-refractivity contribution in [2.45, 2.75) is 24.8 Å². The van der Waals surface area contributed by atoms with Gasteiger partial charge in [-0.25, -0.2) is 13.1 Å². The van der Waals surface area contributed by atoms with E-state index in [-0.39, 0.29) is 9.92 Å². The molecule has 0 aliphatic heterocycles. The van der Waals surface area contributed by atoms with Gasteiger partial charge in [-0.2, -0.15) is 0 Å². The molecule has 19 heavy (non-hydrogen) atoms. The number of halogens is 1. The third-order valence-electron chi connectivity index (χ3n) is 2.92. The van der Waals surface area contributed by atoms with E-state index in [0.717, 1.165) is 0 Å². The first-order chi connectivity index (χ1) is 8.74. The van der Waals surface area contributed by atoms with Crippen LogP contribution in [0.5, 0.6) is 0 Å². The number of nitrogens with two attached hydrogens (primary N) is 1. The highest BCUT2D eigenvalue weighted by Crippen LogP contribution is 2.22. The number of hydrogen-bond donors (Lipinski definition) is 2. The molecule has 1 aromatic carbocycles. The van der Waals surface area contributed by atoms with Crippen molar-refractivity contribution in [3.63, 3.8) is 0 Å². The van der Waals surface area contributed by atoms with Crippen LogP contribution in [0.15, 0.2) is 23.1 Å². The van der Waals surface area contributed by atoms with Gasteiger partial charge in [0, 0.05) is 19.1 Å². The molecule has 0 bridgehead atoms. The monoisotopic (exact) mass is 305 g/mol. The van der Waals surface area contributed by atoms with Gasteiger partial charge < -0.3 is 10.6 Å². The maximum Gasteiger partial charge on any atom is 0.240 e. The van der Waals surface area contributed by atoms with Crippen molar-refractivity contribution < 1.29 is 8.42 Å². The lowest BCUT2D eigenvalue weighted by atomic mass is 10.3. The Morgan fingerprint density at radius 3 is 2.58 bits per heavy atom. The van der Waals surface area contributed by atoms with Crippen molar-refractivity contribution in [1.82, 2.24) is 9.62 Å². The van der Waals surface area contributed by atoms with Crippen molar-refractivity contribution in [2.24, 2.45) is 0 Å². The summed E-state index contributed by atoms with van der Waals surface area (Å²) in [5.41, 5.74) is 5.91. The molecule has 0 aliphatic rings. The van der Waals surface area contributed by atoms with Gasteiger partial charge in [-0.05, 0) is 39.1 Å². The van der Waals surface area contributed by atoms with Crippen LogP contribution in [0.2, 0.25) is 5.02 Å². The van der Waals surface area contributed by atoms with Crippen LogP contribution in [-0.2, 0) is 10.0 Å². The Morgan fingerprint density at radius 2 is 2.05 bits per heavy atom. The zero-order chi connectivity index (χ0) is 14.6. The van der Waals surface area contributed by atoms with E-state index >= 15 is 0 Å². The molecule has 108 valence electrons. The third kappa shape index (κ3) is 4.65. The first kappa shape index (κ1) is 16.2. The summed E-state index contributed by atoms with van der Waals surface area (Å²) in [5, 5.41) is 0.238. The van der Waals surface area contributed by atoms with Gasteiger partial charge in [0.25, 0.3) is 0 Å². The summed E-state index contributed by atoms with van der Waals surface area (Å²) in [5.74, 6) is 0. The van der Waals surface area contributed by atoms with Gasteiger partial charge in [0.15, 0.2) is 0 Å². The molecule has 5 nitrogen and oxygen atoms in total. The van der Waals surface area contributed by atoms with Crippen molar-refractivity contribution in [3.05, 3.63) is 23.2 Å². The van der Waals surface area contributed by atoms with E-state index in [1.165, 1.54) is 18.2 Å². The van der Waals surface area contributed by atoms with Crippen molar-refractivity contribution in [3.8, 4) is 0 Å². The van der Waals surface area contributed by atoms with Crippen LogP contribution in [0.3, 0.4) is 0 Å². The standard InChI is InChI=1S/C12H20ClN3O2S/c1-9(2)16(3)7-6-15-19(17,18)10-4-5-12(14)11(13)8-10/h4-5,8-9,15H,6-7,14H2,1-3H3. The van der Waals surface area contributed by atoms with E-state index in [2.05, 4.69) is 9.62 Å². The third-order valence-corrected chi connectivity index (χ3v) is 4.71. The Kier molecular flexibility index (Phi) is 5.61. The van der Waals surface area contributed by atoms with Gasteiger partial charge in [0.2, 0.25) is 10.0 Å². The van der Waals surface area contributed by atoms with Crippen LogP contribution in [0.1, 0.15) is 13.8 Å². The molecule has 3 N–H and O–H groups in total. The topological polar surface area (TPSA) is 75.4 Å². The second-order valence-corrected chi connectivity index (χ2v) is 6.83. The molecule has 0 unspecified atom stereocenters. The van der Waals surface area contributed by atoms with Gasteiger partial charge in [-0.3, -0.25) is 0 Å². The number of benzene rings is 1. The summed E-state index contributed by atoms with van der Waals surface area (Å²) in [7, 11) is -1.59. The lowest BCUT2D eigenvalue weighted by molar-refractivity contribution is 0.278. The molecule has 0 radical (unpaired) electrons. The van der Waals surface area contributed by atoms with E-state index in [1.54, 1.807) is 0 Å². The predicted molar refractivity (Wildman–Crippen MR) is 78.8 cm³/mol. The lowest BCUT2D eigenvalue weighted by Gasteiger charge is -2.20. The van der Waals surface area contributed by atoms with E-state index in [0.29, 0.717) is 24.8 Å². The van der Waals surface area contributed by atoms with Crippen molar-refractivity contribution in [1.29, 1.82) is 0 Å². The molecule has 0 saturated heterocycles. The fraction of sp³-hybridized carbons (Fsp3) is 0.500. The summed E-state index contributed by atoms with van der Waals surface area (Å²) < 4.78 is 26.6. The first-order valence-corrected chi connectivity index (χ1v) is 7.85. The number of likely N-dealkylation sites (N-methyl/N-ethyl adjacent to an activating group) is 1. The number of anilines is 1. The maximum atomic E-state index is 12.0. The van der Waals surface area contributed by atoms with Gasteiger partial charge in [0.1, 0.15) is 0 Å². The number of rotatable bonds is 6. The van der Waals surface area contributed by atoms with Crippen LogP contribution in [-0.4, -0.2) is 39.5 Å². The summed E-state index contributed by atoms with van der Waals surface area (Å²) in [6.45, 7) is 5.08. The molecule has 1 rings (SSSR count). The van der Waals surface area contributed by atoms with Crippen LogP contribution >= 0.6 is 11.6 Å². The first-order valence-electron chi connectivity index (χ1n) is 5.99. The van der Waals surface area contributed by atoms with E-state index in [9.17, 15) is 8.42 Å². The molecule has 0 spiro atoms. The summed E-state index contributed by atoms with van der Waals surface area (Å²) in [4.78, 5) is 2.18. The zero-order valence-corrected chi connectivity index (χ0v) is 12.9. The average Bonchev–Trinajstić information content (AvgIpc) is 2.32. The molecule has 0 amide bonds. The normalized spacial score (nSPS) is 12.3. The second-order valence-electron chi connectivity index (χ2n) is 4.66. The molecule has 0 aromatic heterocycles. The van der Waals surface area contributed by atoms with E-state index in [1.807, 2.05) is 20.9 Å². The Bertz CT molecular complexity index is 532. The number of hydrogen-bond acceptors (Lipinski definition) is 4. The van der Waals surface area contributed by atoms with Gasteiger partial charge in [-0.15, -0.1) is 0 Å². The number of nitrogen functional groups attached to an aromatic ring is 1. The summed E-state index contributed by atoms with van der Waals surface area (Å²) >= 11 is 5.82. The highest BCUT2D eigenvalue weighted by Gasteiger charge is 2.15. The number of nitrogens with one attached hydrogen (secondary N) is 1. The van der Waals surface area contributed by atoms with E-state index in [4.69, 9.17) is 17.3 Å². The van der Waals surface area contributed by atoms with Gasteiger partial charge in [0.05, 0.1) is 15.6 Å². The molecule has 0 heterocycles. The summed E-state index contributed by atoms with van der Waals surface area (Å²) in [6.07, 6.45) is 0. The fourth-order valence-corrected chi connectivity index (χ4v) is 2.67. The molecule has 7 heteroatoms. The minimum Gasteiger partial charge on any atom is -0.398 e. The lowest BCUT2D eigenvalue weighted by Crippen LogP contribution is -2.36. The molecular weight excluding hydrogens is 286 g/mol. The molecule has 0 aliphatic carbocycles. The van der Waals surface area contributed by atoms with Crippen LogP contribution in [0, 0.1) is 0 Å².